The lowest BCUT2D eigenvalue weighted by atomic mass is 9.95. The Labute approximate surface area is 122 Å². The normalized spacial score (nSPS) is 13.2. The molecular weight excluding hydrogens is 274 g/mol. The van der Waals surface area contributed by atoms with Crippen LogP contribution in [-0.4, -0.2) is 11.1 Å². The second-order valence-electron chi connectivity index (χ2n) is 4.54. The minimum Gasteiger partial charge on any atom is -0.480 e. The summed E-state index contributed by atoms with van der Waals surface area (Å²) in [5, 5.41) is 18.2. The van der Waals surface area contributed by atoms with Crippen molar-refractivity contribution in [2.24, 2.45) is 0 Å². The Kier molecular flexibility index (Phi) is 3.78. The zero-order valence-corrected chi connectivity index (χ0v) is 11.6. The van der Waals surface area contributed by atoms with Crippen molar-refractivity contribution in [1.82, 2.24) is 0 Å². The van der Waals surface area contributed by atoms with E-state index >= 15 is 0 Å². The molecular formula is C16H12ClNO2. The number of alkyl halides is 1. The van der Waals surface area contributed by atoms with Gasteiger partial charge < -0.3 is 5.11 Å². The maximum absolute atomic E-state index is 11.1. The first-order chi connectivity index (χ1) is 9.46. The monoisotopic (exact) mass is 285 g/mol. The predicted molar refractivity (Wildman–Crippen MR) is 77.4 cm³/mol. The van der Waals surface area contributed by atoms with Crippen molar-refractivity contribution in [3.8, 4) is 17.2 Å². The van der Waals surface area contributed by atoms with Gasteiger partial charge in [-0.05, 0) is 29.7 Å². The molecule has 20 heavy (non-hydrogen) atoms. The van der Waals surface area contributed by atoms with E-state index in [-0.39, 0.29) is 0 Å². The smallest absolute Gasteiger partial charge is 0.329 e. The summed E-state index contributed by atoms with van der Waals surface area (Å²) in [6.45, 7) is 1.44. The lowest BCUT2D eigenvalue weighted by Crippen LogP contribution is -2.25. The number of rotatable bonds is 3. The van der Waals surface area contributed by atoms with Gasteiger partial charge in [0.1, 0.15) is 0 Å². The summed E-state index contributed by atoms with van der Waals surface area (Å²) in [6.07, 6.45) is 0. The van der Waals surface area contributed by atoms with Crippen LogP contribution in [0.2, 0.25) is 0 Å². The van der Waals surface area contributed by atoms with Crippen LogP contribution in [0.4, 0.5) is 0 Å². The third kappa shape index (κ3) is 2.52. The highest BCUT2D eigenvalue weighted by atomic mass is 35.5. The number of carboxylic acid groups (broad SMARTS) is 1. The molecule has 0 aliphatic rings. The van der Waals surface area contributed by atoms with E-state index in [4.69, 9.17) is 22.0 Å². The van der Waals surface area contributed by atoms with Gasteiger partial charge in [0.05, 0.1) is 11.6 Å². The van der Waals surface area contributed by atoms with Crippen LogP contribution in [0, 0.1) is 11.3 Å². The molecule has 0 spiro atoms. The van der Waals surface area contributed by atoms with Crippen LogP contribution >= 0.6 is 11.6 Å². The van der Waals surface area contributed by atoms with Crippen molar-refractivity contribution in [3.05, 3.63) is 59.7 Å². The standard InChI is InChI=1S/C16H12ClNO2/c1-16(17,15(19)20)13-8-6-11(7-9-13)14-5-3-2-4-12(14)10-18/h2-9H,1H3,(H,19,20). The Hall–Kier alpha value is -2.31. The van der Waals surface area contributed by atoms with Crippen molar-refractivity contribution in [2.75, 3.05) is 0 Å². The van der Waals surface area contributed by atoms with Crippen molar-refractivity contribution in [3.63, 3.8) is 0 Å². The molecule has 0 aliphatic heterocycles. The number of benzene rings is 2. The van der Waals surface area contributed by atoms with E-state index in [1.807, 2.05) is 12.1 Å². The number of carboxylic acids is 1. The summed E-state index contributed by atoms with van der Waals surface area (Å²) >= 11 is 6.00. The first-order valence-corrected chi connectivity index (χ1v) is 6.37. The zero-order valence-electron chi connectivity index (χ0n) is 10.8. The largest absolute Gasteiger partial charge is 0.480 e. The molecule has 3 nitrogen and oxygen atoms in total. The maximum Gasteiger partial charge on any atom is 0.329 e. The average molecular weight is 286 g/mol. The molecule has 1 atom stereocenters. The molecule has 0 aliphatic carbocycles. The highest BCUT2D eigenvalue weighted by Crippen LogP contribution is 2.31. The van der Waals surface area contributed by atoms with Gasteiger partial charge in [0.2, 0.25) is 0 Å². The number of aliphatic carboxylic acids is 1. The number of hydrogen-bond acceptors (Lipinski definition) is 2. The number of halogens is 1. The molecule has 2 rings (SSSR count). The summed E-state index contributed by atoms with van der Waals surface area (Å²) in [6, 6.07) is 16.3. The molecule has 2 aromatic rings. The van der Waals surface area contributed by atoms with Gasteiger partial charge in [-0.2, -0.15) is 5.26 Å². The quantitative estimate of drug-likeness (QED) is 0.873. The summed E-state index contributed by atoms with van der Waals surface area (Å²) < 4.78 is 0. The van der Waals surface area contributed by atoms with Crippen LogP contribution in [-0.2, 0) is 9.67 Å². The fourth-order valence-corrected chi connectivity index (χ4v) is 2.04. The average Bonchev–Trinajstić information content (AvgIpc) is 2.47. The van der Waals surface area contributed by atoms with Crippen molar-refractivity contribution < 1.29 is 9.90 Å². The number of nitriles is 1. The highest BCUT2D eigenvalue weighted by Gasteiger charge is 2.32. The van der Waals surface area contributed by atoms with Crippen LogP contribution in [0.3, 0.4) is 0 Å². The molecule has 2 aromatic carbocycles. The van der Waals surface area contributed by atoms with E-state index < -0.39 is 10.8 Å². The van der Waals surface area contributed by atoms with Crippen LogP contribution in [0.15, 0.2) is 48.5 Å². The third-order valence-electron chi connectivity index (χ3n) is 3.19. The SMILES string of the molecule is CC(Cl)(C(=O)O)c1ccc(-c2ccccc2C#N)cc1. The molecule has 1 N–H and O–H groups in total. The van der Waals surface area contributed by atoms with E-state index in [1.165, 1.54) is 6.92 Å². The van der Waals surface area contributed by atoms with E-state index in [0.29, 0.717) is 11.1 Å². The van der Waals surface area contributed by atoms with Crippen molar-refractivity contribution >= 4 is 17.6 Å². The molecule has 0 bridgehead atoms. The molecule has 1 unspecified atom stereocenters. The van der Waals surface area contributed by atoms with E-state index in [2.05, 4.69) is 6.07 Å². The Morgan fingerprint density at radius 1 is 1.20 bits per heavy atom. The molecule has 0 radical (unpaired) electrons. The zero-order chi connectivity index (χ0) is 14.8. The van der Waals surface area contributed by atoms with Crippen LogP contribution < -0.4 is 0 Å². The van der Waals surface area contributed by atoms with Crippen molar-refractivity contribution in [2.45, 2.75) is 11.8 Å². The third-order valence-corrected chi connectivity index (χ3v) is 3.57. The fourth-order valence-electron chi connectivity index (χ4n) is 1.92. The maximum atomic E-state index is 11.1. The first kappa shape index (κ1) is 14.1. The van der Waals surface area contributed by atoms with E-state index in [9.17, 15) is 4.79 Å². The van der Waals surface area contributed by atoms with Gasteiger partial charge in [-0.3, -0.25) is 0 Å². The fraction of sp³-hybridized carbons (Fsp3) is 0.125. The number of hydrogen-bond donors (Lipinski definition) is 1. The highest BCUT2D eigenvalue weighted by molar-refractivity contribution is 6.33. The minimum atomic E-state index is -1.45. The molecule has 0 heterocycles. The van der Waals surface area contributed by atoms with Gasteiger partial charge in [-0.15, -0.1) is 11.6 Å². The molecule has 0 saturated carbocycles. The lowest BCUT2D eigenvalue weighted by Gasteiger charge is -2.17. The molecule has 0 aromatic heterocycles. The van der Waals surface area contributed by atoms with Crippen LogP contribution in [0.5, 0.6) is 0 Å². The van der Waals surface area contributed by atoms with Gasteiger partial charge in [0.25, 0.3) is 0 Å². The number of nitrogens with zero attached hydrogens (tertiary/aromatic N) is 1. The summed E-state index contributed by atoms with van der Waals surface area (Å²) in [5.41, 5.74) is 2.74. The summed E-state index contributed by atoms with van der Waals surface area (Å²) in [4.78, 5) is 9.65. The van der Waals surface area contributed by atoms with Crippen LogP contribution in [0.1, 0.15) is 18.1 Å². The van der Waals surface area contributed by atoms with E-state index in [0.717, 1.165) is 11.1 Å². The van der Waals surface area contributed by atoms with E-state index in [1.54, 1.807) is 36.4 Å². The summed E-state index contributed by atoms with van der Waals surface area (Å²) in [5.74, 6) is -1.09. The second kappa shape index (κ2) is 5.36. The second-order valence-corrected chi connectivity index (χ2v) is 5.30. The lowest BCUT2D eigenvalue weighted by molar-refractivity contribution is -0.139. The Morgan fingerprint density at radius 2 is 1.80 bits per heavy atom. The van der Waals surface area contributed by atoms with Crippen LogP contribution in [0.25, 0.3) is 11.1 Å². The van der Waals surface area contributed by atoms with Crippen molar-refractivity contribution in [1.29, 1.82) is 5.26 Å². The predicted octanol–water partition coefficient (Wildman–Crippen LogP) is 3.76. The van der Waals surface area contributed by atoms with Gasteiger partial charge >= 0.3 is 5.97 Å². The molecule has 100 valence electrons. The molecule has 4 heteroatoms. The Bertz CT molecular complexity index is 684. The van der Waals surface area contributed by atoms with Gasteiger partial charge in [0.15, 0.2) is 4.87 Å². The molecule has 0 fully saturated rings. The minimum absolute atomic E-state index is 0.504. The Balaban J connectivity index is 2.44. The topological polar surface area (TPSA) is 61.1 Å². The first-order valence-electron chi connectivity index (χ1n) is 5.99. The summed E-state index contributed by atoms with van der Waals surface area (Å²) in [7, 11) is 0. The number of carbonyl (C=O) groups is 1. The Morgan fingerprint density at radius 3 is 2.35 bits per heavy atom. The molecule has 0 amide bonds. The molecule has 0 saturated heterocycles. The van der Waals surface area contributed by atoms with Gasteiger partial charge in [-0.25, -0.2) is 4.79 Å². The van der Waals surface area contributed by atoms with Gasteiger partial charge in [-0.1, -0.05) is 42.5 Å². The van der Waals surface area contributed by atoms with Gasteiger partial charge in [0, 0.05) is 0 Å².